The van der Waals surface area contributed by atoms with Gasteiger partial charge in [-0.15, -0.1) is 0 Å². The van der Waals surface area contributed by atoms with Gasteiger partial charge < -0.3 is 28.8 Å². The molecule has 0 bridgehead atoms. The first-order valence-corrected chi connectivity index (χ1v) is 30.1. The van der Waals surface area contributed by atoms with Crippen LogP contribution in [0.4, 0.5) is 0 Å². The molecule has 0 aromatic heterocycles. The van der Waals surface area contributed by atoms with Crippen LogP contribution in [0.25, 0.3) is 0 Å². The van der Waals surface area contributed by atoms with Crippen LogP contribution >= 0.6 is 7.82 Å². The van der Waals surface area contributed by atoms with Crippen LogP contribution in [-0.2, 0) is 18.4 Å². The van der Waals surface area contributed by atoms with E-state index in [1.54, 1.807) is 6.08 Å². The highest BCUT2D eigenvalue weighted by atomic mass is 31.2. The second-order valence-corrected chi connectivity index (χ2v) is 21.7. The van der Waals surface area contributed by atoms with Crippen molar-refractivity contribution in [1.29, 1.82) is 0 Å². The number of amides is 1. The van der Waals surface area contributed by atoms with E-state index in [4.69, 9.17) is 9.05 Å². The van der Waals surface area contributed by atoms with Crippen molar-refractivity contribution in [3.8, 4) is 0 Å². The first-order chi connectivity index (χ1) is 34.0. The van der Waals surface area contributed by atoms with Gasteiger partial charge in [0.1, 0.15) is 13.2 Å². The standard InChI is InChI=1S/C61H109N2O6P/c1-6-8-10-12-14-16-18-20-22-24-25-26-27-28-29-30-31-32-33-34-35-36-37-39-41-43-45-47-49-51-53-55-61(65)62-59(58-69-70(66,67)68-57-56-63(3,4)5)60(64)54-52-50-48-46-44-42-40-38-23-21-19-17-15-13-11-9-7-2/h8,10,14,16,20,22-23,25-26,28-29,38,44,46,52,54,59-60,64H,6-7,9,11-13,15,17-19,21,24,27,30-37,39-43,45,47-51,53,55-58H2,1-5H3,(H-,62,65,66,67)/b10-8-,16-14-,22-20-,26-25-,29-28-,38-23+,46-44+,54-52+. The van der Waals surface area contributed by atoms with E-state index in [0.717, 1.165) is 77.0 Å². The highest BCUT2D eigenvalue weighted by molar-refractivity contribution is 7.45. The van der Waals surface area contributed by atoms with Gasteiger partial charge in [-0.3, -0.25) is 9.36 Å². The molecular weight excluding hydrogens is 888 g/mol. The summed E-state index contributed by atoms with van der Waals surface area (Å²) < 4.78 is 23.3. The highest BCUT2D eigenvalue weighted by Crippen LogP contribution is 2.38. The largest absolute Gasteiger partial charge is 0.756 e. The van der Waals surface area contributed by atoms with Crippen LogP contribution in [0.3, 0.4) is 0 Å². The zero-order valence-corrected chi connectivity index (χ0v) is 46.8. The number of aliphatic hydroxyl groups is 1. The lowest BCUT2D eigenvalue weighted by Crippen LogP contribution is -2.45. The number of hydrogen-bond donors (Lipinski definition) is 2. The Balaban J connectivity index is 4.19. The molecule has 0 spiro atoms. The monoisotopic (exact) mass is 997 g/mol. The molecular formula is C61H109N2O6P. The number of nitrogens with zero attached hydrogens (tertiary/aromatic N) is 1. The fourth-order valence-corrected chi connectivity index (χ4v) is 8.52. The van der Waals surface area contributed by atoms with Gasteiger partial charge in [0.05, 0.1) is 39.9 Å². The molecule has 0 aromatic rings. The number of carbonyl (C=O) groups excluding carboxylic acids is 1. The maximum absolute atomic E-state index is 13.0. The second-order valence-electron chi connectivity index (χ2n) is 20.2. The van der Waals surface area contributed by atoms with E-state index in [-0.39, 0.29) is 12.5 Å². The van der Waals surface area contributed by atoms with Gasteiger partial charge in [0.15, 0.2) is 0 Å². The van der Waals surface area contributed by atoms with Gasteiger partial charge in [-0.25, -0.2) is 0 Å². The van der Waals surface area contributed by atoms with E-state index < -0.39 is 26.6 Å². The number of carbonyl (C=O) groups is 1. The summed E-state index contributed by atoms with van der Waals surface area (Å²) in [5, 5.41) is 13.8. The lowest BCUT2D eigenvalue weighted by Gasteiger charge is -2.29. The average molecular weight is 998 g/mol. The minimum absolute atomic E-state index is 0.0124. The Hall–Kier alpha value is -2.58. The summed E-state index contributed by atoms with van der Waals surface area (Å²) in [5.41, 5.74) is 0. The molecule has 0 saturated heterocycles. The summed E-state index contributed by atoms with van der Waals surface area (Å²) in [5.74, 6) is -0.214. The molecule has 0 fully saturated rings. The molecule has 0 heterocycles. The van der Waals surface area contributed by atoms with Crippen LogP contribution in [0.1, 0.15) is 232 Å². The molecule has 0 aliphatic carbocycles. The Labute approximate surface area is 432 Å². The smallest absolute Gasteiger partial charge is 0.268 e. The summed E-state index contributed by atoms with van der Waals surface area (Å²) in [4.78, 5) is 25.5. The Morgan fingerprint density at radius 3 is 1.33 bits per heavy atom. The highest BCUT2D eigenvalue weighted by Gasteiger charge is 2.23. The van der Waals surface area contributed by atoms with Crippen LogP contribution in [0.5, 0.6) is 0 Å². The SMILES string of the molecule is CC/C=C\C/C=C\C/C=C\C/C=C\C/C=C\CCCCCCCCCCCCCCCCCC(=O)NC(COP(=O)([O-])OCC[N+](C)(C)C)C(O)/C=C/CC/C=C/CC/C=C/CCCCCCCCC. The summed E-state index contributed by atoms with van der Waals surface area (Å²) >= 11 is 0. The number of rotatable bonds is 51. The van der Waals surface area contributed by atoms with E-state index in [9.17, 15) is 19.4 Å². The van der Waals surface area contributed by atoms with Crippen LogP contribution in [-0.4, -0.2) is 68.5 Å². The maximum atomic E-state index is 13.0. The minimum atomic E-state index is -4.61. The number of nitrogens with one attached hydrogen (secondary N) is 1. The van der Waals surface area contributed by atoms with E-state index in [1.165, 1.54) is 135 Å². The molecule has 0 aromatic carbocycles. The van der Waals surface area contributed by atoms with Crippen molar-refractivity contribution in [1.82, 2.24) is 5.32 Å². The Morgan fingerprint density at radius 1 is 0.514 bits per heavy atom. The third-order valence-electron chi connectivity index (χ3n) is 12.3. The van der Waals surface area contributed by atoms with Crippen molar-refractivity contribution in [2.45, 2.75) is 244 Å². The van der Waals surface area contributed by atoms with E-state index in [2.05, 4.69) is 104 Å². The van der Waals surface area contributed by atoms with Crippen molar-refractivity contribution in [3.05, 3.63) is 97.2 Å². The van der Waals surface area contributed by atoms with Crippen molar-refractivity contribution in [2.75, 3.05) is 40.9 Å². The molecule has 1 amide bonds. The molecule has 404 valence electrons. The molecule has 70 heavy (non-hydrogen) atoms. The van der Waals surface area contributed by atoms with Crippen LogP contribution < -0.4 is 10.2 Å². The summed E-state index contributed by atoms with van der Waals surface area (Å²) in [6.07, 6.45) is 73.4. The molecule has 8 nitrogen and oxygen atoms in total. The number of aliphatic hydroxyl groups excluding tert-OH is 1. The van der Waals surface area contributed by atoms with Gasteiger partial charge >= 0.3 is 0 Å². The van der Waals surface area contributed by atoms with Crippen LogP contribution in [0.15, 0.2) is 97.2 Å². The van der Waals surface area contributed by atoms with Crippen molar-refractivity contribution < 1.29 is 32.9 Å². The molecule has 2 N–H and O–H groups in total. The molecule has 9 heteroatoms. The quantitative estimate of drug-likeness (QED) is 0.0272. The lowest BCUT2D eigenvalue weighted by atomic mass is 10.0. The Bertz CT molecular complexity index is 1460. The Morgan fingerprint density at radius 2 is 0.886 bits per heavy atom. The molecule has 0 saturated carbocycles. The van der Waals surface area contributed by atoms with Gasteiger partial charge in [0, 0.05) is 6.42 Å². The van der Waals surface area contributed by atoms with Gasteiger partial charge in [0.25, 0.3) is 7.82 Å². The Kier molecular flexibility index (Phi) is 49.4. The number of phosphoric ester groups is 1. The zero-order valence-electron chi connectivity index (χ0n) is 45.9. The number of quaternary nitrogens is 1. The van der Waals surface area contributed by atoms with Crippen LogP contribution in [0, 0.1) is 0 Å². The fraction of sp³-hybridized carbons (Fsp3) is 0.721. The van der Waals surface area contributed by atoms with Gasteiger partial charge in [0.2, 0.25) is 5.91 Å². The number of hydrogen-bond acceptors (Lipinski definition) is 6. The van der Waals surface area contributed by atoms with Crippen LogP contribution in [0.2, 0.25) is 0 Å². The van der Waals surface area contributed by atoms with Gasteiger partial charge in [-0.2, -0.15) is 0 Å². The first-order valence-electron chi connectivity index (χ1n) is 28.6. The maximum Gasteiger partial charge on any atom is 0.268 e. The van der Waals surface area contributed by atoms with Gasteiger partial charge in [-0.05, 0) is 89.9 Å². The van der Waals surface area contributed by atoms with Crippen molar-refractivity contribution in [3.63, 3.8) is 0 Å². The predicted octanol–water partition coefficient (Wildman–Crippen LogP) is 16.8. The molecule has 0 rings (SSSR count). The van der Waals surface area contributed by atoms with Gasteiger partial charge in [-0.1, -0.05) is 233 Å². The van der Waals surface area contributed by atoms with Crippen molar-refractivity contribution >= 4 is 13.7 Å². The van der Waals surface area contributed by atoms with Crippen molar-refractivity contribution in [2.24, 2.45) is 0 Å². The number of likely N-dealkylation sites (N-methyl/N-ethyl adjacent to an activating group) is 1. The third-order valence-corrected chi connectivity index (χ3v) is 13.2. The average Bonchev–Trinajstić information content (AvgIpc) is 3.32. The fourth-order valence-electron chi connectivity index (χ4n) is 7.80. The zero-order chi connectivity index (χ0) is 51.3. The topological polar surface area (TPSA) is 108 Å². The molecule has 0 aliphatic heterocycles. The number of allylic oxidation sites excluding steroid dienone is 15. The third kappa shape index (κ3) is 53.2. The first kappa shape index (κ1) is 67.4. The van der Waals surface area contributed by atoms with E-state index in [0.29, 0.717) is 17.4 Å². The molecule has 3 unspecified atom stereocenters. The summed E-state index contributed by atoms with van der Waals surface area (Å²) in [6.45, 7) is 4.50. The lowest BCUT2D eigenvalue weighted by molar-refractivity contribution is -0.870. The minimum Gasteiger partial charge on any atom is -0.756 e. The van der Waals surface area contributed by atoms with E-state index >= 15 is 0 Å². The summed E-state index contributed by atoms with van der Waals surface area (Å²) in [6, 6.07) is -0.915. The second kappa shape index (κ2) is 51.3. The normalized spacial score (nSPS) is 14.7. The van der Waals surface area contributed by atoms with E-state index in [1.807, 2.05) is 27.2 Å². The molecule has 0 aliphatic rings. The summed E-state index contributed by atoms with van der Waals surface area (Å²) in [7, 11) is 1.23. The number of phosphoric acid groups is 1. The predicted molar refractivity (Wildman–Crippen MR) is 302 cm³/mol. The number of unbranched alkanes of at least 4 members (excludes halogenated alkanes) is 24. The molecule has 0 radical (unpaired) electrons. The molecule has 3 atom stereocenters.